The number of carbonyl (C=O) groups is 2. The van der Waals surface area contributed by atoms with Gasteiger partial charge in [0.25, 0.3) is 5.91 Å². The van der Waals surface area contributed by atoms with Crippen LogP contribution >= 0.6 is 0 Å². The number of piperidine rings is 1. The molecule has 3 rings (SSSR count). The number of aliphatic carboxylic acids is 1. The Hall–Kier alpha value is -2.11. The van der Waals surface area contributed by atoms with Gasteiger partial charge in [-0.15, -0.1) is 0 Å². The van der Waals surface area contributed by atoms with Crippen molar-refractivity contribution < 1.29 is 23.8 Å². The van der Waals surface area contributed by atoms with E-state index in [1.165, 1.54) is 19.2 Å². The van der Waals surface area contributed by atoms with Crippen LogP contribution in [0.5, 0.6) is 5.75 Å². The Balaban J connectivity index is 1.70. The molecule has 1 aromatic rings. The van der Waals surface area contributed by atoms with Crippen LogP contribution in [-0.2, 0) is 4.79 Å². The zero-order valence-corrected chi connectivity index (χ0v) is 12.3. The lowest BCUT2D eigenvalue weighted by Gasteiger charge is -2.32. The van der Waals surface area contributed by atoms with Crippen molar-refractivity contribution in [2.45, 2.75) is 19.3 Å². The van der Waals surface area contributed by atoms with Gasteiger partial charge in [0.1, 0.15) is 0 Å². The van der Waals surface area contributed by atoms with Crippen molar-refractivity contribution in [3.05, 3.63) is 29.6 Å². The average molecular weight is 307 g/mol. The van der Waals surface area contributed by atoms with E-state index >= 15 is 0 Å². The van der Waals surface area contributed by atoms with Gasteiger partial charge in [-0.3, -0.25) is 9.59 Å². The summed E-state index contributed by atoms with van der Waals surface area (Å²) in [5.41, 5.74) is -0.143. The number of carbonyl (C=O) groups excluding carboxylic acids is 1. The van der Waals surface area contributed by atoms with E-state index in [-0.39, 0.29) is 28.6 Å². The van der Waals surface area contributed by atoms with Crippen LogP contribution in [0.4, 0.5) is 4.39 Å². The molecule has 5 nitrogen and oxygen atoms in total. The summed E-state index contributed by atoms with van der Waals surface area (Å²) in [5, 5.41) is 9.07. The molecule has 1 saturated carbocycles. The maximum absolute atomic E-state index is 14.2. The molecule has 1 amide bonds. The third-order valence-corrected chi connectivity index (χ3v) is 4.95. The molecule has 1 aromatic carbocycles. The number of methoxy groups -OCH3 is 1. The van der Waals surface area contributed by atoms with Gasteiger partial charge in [0, 0.05) is 13.1 Å². The topological polar surface area (TPSA) is 66.8 Å². The van der Waals surface area contributed by atoms with Gasteiger partial charge in [-0.1, -0.05) is 6.07 Å². The van der Waals surface area contributed by atoms with Crippen molar-refractivity contribution >= 4 is 11.9 Å². The molecule has 1 spiro atoms. The average Bonchev–Trinajstić information content (AvgIpc) is 3.22. The fourth-order valence-corrected chi connectivity index (χ4v) is 3.41. The van der Waals surface area contributed by atoms with Gasteiger partial charge < -0.3 is 14.7 Å². The molecule has 1 saturated heterocycles. The van der Waals surface area contributed by atoms with E-state index in [9.17, 15) is 14.0 Å². The summed E-state index contributed by atoms with van der Waals surface area (Å²) in [6, 6.07) is 4.50. The number of rotatable bonds is 3. The molecular weight excluding hydrogens is 289 g/mol. The Labute approximate surface area is 127 Å². The zero-order chi connectivity index (χ0) is 15.9. The van der Waals surface area contributed by atoms with Crippen LogP contribution in [0.15, 0.2) is 18.2 Å². The van der Waals surface area contributed by atoms with Gasteiger partial charge in [-0.2, -0.15) is 0 Å². The molecule has 0 aromatic heterocycles. The highest BCUT2D eigenvalue weighted by Crippen LogP contribution is 2.59. The summed E-state index contributed by atoms with van der Waals surface area (Å²) in [6.45, 7) is 0.943. The highest BCUT2D eigenvalue weighted by atomic mass is 19.1. The van der Waals surface area contributed by atoms with E-state index in [0.29, 0.717) is 32.4 Å². The standard InChI is InChI=1S/C16H18FNO4/c1-22-12-4-2-3-10(13(12)17)14(19)18-7-5-16(6-8-18)9-11(16)15(20)21/h2-4,11H,5-9H2,1H3,(H,20,21). The molecular formula is C16H18FNO4. The number of benzene rings is 1. The number of nitrogens with zero attached hydrogens (tertiary/aromatic N) is 1. The maximum Gasteiger partial charge on any atom is 0.307 e. The molecule has 0 bridgehead atoms. The third kappa shape index (κ3) is 2.32. The second-order valence-electron chi connectivity index (χ2n) is 6.07. The van der Waals surface area contributed by atoms with Crippen LogP contribution in [0, 0.1) is 17.2 Å². The smallest absolute Gasteiger partial charge is 0.307 e. The van der Waals surface area contributed by atoms with E-state index in [2.05, 4.69) is 0 Å². The molecule has 1 unspecified atom stereocenters. The minimum Gasteiger partial charge on any atom is -0.494 e. The van der Waals surface area contributed by atoms with Gasteiger partial charge in [-0.25, -0.2) is 4.39 Å². The lowest BCUT2D eigenvalue weighted by Crippen LogP contribution is -2.40. The van der Waals surface area contributed by atoms with E-state index in [0.717, 1.165) is 0 Å². The first-order valence-corrected chi connectivity index (χ1v) is 7.33. The number of hydrogen-bond donors (Lipinski definition) is 1. The van der Waals surface area contributed by atoms with Crippen molar-refractivity contribution in [2.24, 2.45) is 11.3 Å². The molecule has 2 fully saturated rings. The first-order chi connectivity index (χ1) is 10.5. The summed E-state index contributed by atoms with van der Waals surface area (Å²) in [5.74, 6) is -1.99. The second-order valence-corrected chi connectivity index (χ2v) is 6.07. The maximum atomic E-state index is 14.2. The van der Waals surface area contributed by atoms with Gasteiger partial charge in [-0.05, 0) is 36.8 Å². The Bertz CT molecular complexity index is 623. The Morgan fingerprint density at radius 3 is 2.59 bits per heavy atom. The number of halogens is 1. The number of ether oxygens (including phenoxy) is 1. The normalized spacial score (nSPS) is 22.5. The number of likely N-dealkylation sites (tertiary alicyclic amines) is 1. The molecule has 118 valence electrons. The van der Waals surface area contributed by atoms with Gasteiger partial charge in [0.15, 0.2) is 11.6 Å². The van der Waals surface area contributed by atoms with E-state index in [1.54, 1.807) is 11.0 Å². The first kappa shape index (κ1) is 14.8. The number of hydrogen-bond acceptors (Lipinski definition) is 3. The van der Waals surface area contributed by atoms with E-state index < -0.39 is 11.8 Å². The van der Waals surface area contributed by atoms with Crippen LogP contribution in [-0.4, -0.2) is 42.1 Å². The van der Waals surface area contributed by atoms with E-state index in [4.69, 9.17) is 9.84 Å². The predicted octanol–water partition coefficient (Wildman–Crippen LogP) is 2.16. The lowest BCUT2D eigenvalue weighted by atomic mass is 9.90. The van der Waals surface area contributed by atoms with Crippen LogP contribution in [0.25, 0.3) is 0 Å². The minimum absolute atomic E-state index is 0.000816. The first-order valence-electron chi connectivity index (χ1n) is 7.33. The quantitative estimate of drug-likeness (QED) is 0.929. The molecule has 1 aliphatic carbocycles. The van der Waals surface area contributed by atoms with Crippen molar-refractivity contribution in [3.8, 4) is 5.75 Å². The van der Waals surface area contributed by atoms with Crippen LogP contribution in [0.1, 0.15) is 29.6 Å². The van der Waals surface area contributed by atoms with Gasteiger partial charge >= 0.3 is 5.97 Å². The van der Waals surface area contributed by atoms with Crippen molar-refractivity contribution in [3.63, 3.8) is 0 Å². The SMILES string of the molecule is COc1cccc(C(=O)N2CCC3(CC2)CC3C(=O)O)c1F. The fourth-order valence-electron chi connectivity index (χ4n) is 3.41. The summed E-state index contributed by atoms with van der Waals surface area (Å²) in [4.78, 5) is 25.1. The Kier molecular flexibility index (Phi) is 3.54. The summed E-state index contributed by atoms with van der Waals surface area (Å²) < 4.78 is 19.1. The Morgan fingerprint density at radius 2 is 2.05 bits per heavy atom. The third-order valence-electron chi connectivity index (χ3n) is 4.95. The second kappa shape index (κ2) is 5.26. The van der Waals surface area contributed by atoms with Gasteiger partial charge in [0.2, 0.25) is 0 Å². The number of amides is 1. The van der Waals surface area contributed by atoms with Crippen LogP contribution in [0.2, 0.25) is 0 Å². The summed E-state index contributed by atoms with van der Waals surface area (Å²) >= 11 is 0. The van der Waals surface area contributed by atoms with E-state index in [1.807, 2.05) is 0 Å². The molecule has 22 heavy (non-hydrogen) atoms. The summed E-state index contributed by atoms with van der Waals surface area (Å²) in [6.07, 6.45) is 2.03. The van der Waals surface area contributed by atoms with Crippen molar-refractivity contribution in [1.29, 1.82) is 0 Å². The van der Waals surface area contributed by atoms with Crippen molar-refractivity contribution in [2.75, 3.05) is 20.2 Å². The number of carboxylic acid groups (broad SMARTS) is 1. The van der Waals surface area contributed by atoms with Gasteiger partial charge in [0.05, 0.1) is 18.6 Å². The molecule has 1 heterocycles. The van der Waals surface area contributed by atoms with Crippen LogP contribution in [0.3, 0.4) is 0 Å². The highest BCUT2D eigenvalue weighted by molar-refractivity contribution is 5.95. The highest BCUT2D eigenvalue weighted by Gasteiger charge is 2.59. The molecule has 2 aliphatic rings. The fraction of sp³-hybridized carbons (Fsp3) is 0.500. The zero-order valence-electron chi connectivity index (χ0n) is 12.3. The molecule has 1 aliphatic heterocycles. The summed E-state index contributed by atoms with van der Waals surface area (Å²) in [7, 11) is 1.36. The van der Waals surface area contributed by atoms with Crippen LogP contribution < -0.4 is 4.74 Å². The number of carboxylic acids is 1. The molecule has 6 heteroatoms. The molecule has 1 atom stereocenters. The largest absolute Gasteiger partial charge is 0.494 e. The lowest BCUT2D eigenvalue weighted by molar-refractivity contribution is -0.139. The monoisotopic (exact) mass is 307 g/mol. The Morgan fingerprint density at radius 1 is 1.36 bits per heavy atom. The molecule has 1 N–H and O–H groups in total. The minimum atomic E-state index is -0.751. The predicted molar refractivity (Wildman–Crippen MR) is 76.3 cm³/mol. The van der Waals surface area contributed by atoms with Crippen molar-refractivity contribution in [1.82, 2.24) is 4.90 Å². The molecule has 0 radical (unpaired) electrons.